The molecule has 6 nitrogen and oxygen atoms in total. The van der Waals surface area contributed by atoms with Crippen molar-refractivity contribution in [1.29, 1.82) is 0 Å². The summed E-state index contributed by atoms with van der Waals surface area (Å²) < 4.78 is 32.7. The van der Waals surface area contributed by atoms with Crippen molar-refractivity contribution < 1.29 is 17.9 Å². The highest BCUT2D eigenvalue weighted by Crippen LogP contribution is 2.40. The molecule has 2 aromatic rings. The van der Waals surface area contributed by atoms with Crippen molar-refractivity contribution in [3.05, 3.63) is 58.6 Å². The number of para-hydroxylation sites is 1. The molecule has 0 spiro atoms. The Kier molecular flexibility index (Phi) is 7.97. The summed E-state index contributed by atoms with van der Waals surface area (Å²) in [7, 11) is -2.14. The van der Waals surface area contributed by atoms with Gasteiger partial charge in [-0.2, -0.15) is 0 Å². The van der Waals surface area contributed by atoms with E-state index in [0.29, 0.717) is 29.3 Å². The number of anilines is 1. The van der Waals surface area contributed by atoms with Gasteiger partial charge in [0.25, 0.3) is 10.0 Å². The zero-order valence-corrected chi connectivity index (χ0v) is 19.5. The number of ether oxygens (including phenoxy) is 1. The third-order valence-corrected chi connectivity index (χ3v) is 7.54. The Morgan fingerprint density at radius 1 is 1.10 bits per heavy atom. The molecule has 0 aromatic heterocycles. The van der Waals surface area contributed by atoms with E-state index in [9.17, 15) is 13.2 Å². The van der Waals surface area contributed by atoms with Crippen LogP contribution >= 0.6 is 11.6 Å². The number of halogens is 1. The van der Waals surface area contributed by atoms with Crippen LogP contribution in [0.15, 0.2) is 47.4 Å². The lowest BCUT2D eigenvalue weighted by Crippen LogP contribution is -2.26. The summed E-state index contributed by atoms with van der Waals surface area (Å²) in [6.07, 6.45) is 4.12. The van der Waals surface area contributed by atoms with Crippen LogP contribution in [0.1, 0.15) is 56.2 Å². The van der Waals surface area contributed by atoms with E-state index < -0.39 is 10.0 Å². The van der Waals surface area contributed by atoms with Gasteiger partial charge in [-0.25, -0.2) is 8.42 Å². The molecule has 0 bridgehead atoms. The SMILES string of the molecule is CCOC(=O)CCCCCCN[C@H]1c2ccccc2N(C)S(=O)(=O)c2cc(Cl)ccc21. The first kappa shape index (κ1) is 23.6. The van der Waals surface area contributed by atoms with Gasteiger partial charge in [0.2, 0.25) is 0 Å². The molecule has 0 aliphatic carbocycles. The lowest BCUT2D eigenvalue weighted by Gasteiger charge is -2.22. The van der Waals surface area contributed by atoms with Crippen molar-refractivity contribution in [2.45, 2.75) is 50.0 Å². The Bertz CT molecular complexity index is 1030. The molecule has 31 heavy (non-hydrogen) atoms. The molecule has 8 heteroatoms. The largest absolute Gasteiger partial charge is 0.466 e. The van der Waals surface area contributed by atoms with Crippen LogP contribution in [0, 0.1) is 0 Å². The van der Waals surface area contributed by atoms with Crippen molar-refractivity contribution in [3.63, 3.8) is 0 Å². The number of sulfonamides is 1. The second-order valence-corrected chi connectivity index (χ2v) is 9.94. The third kappa shape index (κ3) is 5.40. The van der Waals surface area contributed by atoms with E-state index in [1.165, 1.54) is 10.4 Å². The fourth-order valence-corrected chi connectivity index (χ4v) is 5.60. The fourth-order valence-electron chi connectivity index (χ4n) is 3.88. The Labute approximate surface area is 189 Å². The Morgan fingerprint density at radius 3 is 2.61 bits per heavy atom. The molecule has 0 saturated carbocycles. The first-order valence-electron chi connectivity index (χ1n) is 10.6. The van der Waals surface area contributed by atoms with Crippen molar-refractivity contribution in [1.82, 2.24) is 5.32 Å². The molecule has 1 aliphatic heterocycles. The topological polar surface area (TPSA) is 75.7 Å². The number of benzene rings is 2. The first-order chi connectivity index (χ1) is 14.9. The third-order valence-electron chi connectivity index (χ3n) is 5.47. The number of esters is 1. The van der Waals surface area contributed by atoms with Crippen LogP contribution in [0.25, 0.3) is 0 Å². The number of fused-ring (bicyclic) bond motifs is 2. The highest BCUT2D eigenvalue weighted by molar-refractivity contribution is 7.92. The lowest BCUT2D eigenvalue weighted by molar-refractivity contribution is -0.143. The smallest absolute Gasteiger partial charge is 0.305 e. The summed E-state index contributed by atoms with van der Waals surface area (Å²) in [5.74, 6) is -0.142. The molecule has 0 amide bonds. The average molecular weight is 465 g/mol. The van der Waals surface area contributed by atoms with Crippen LogP contribution in [-0.4, -0.2) is 34.6 Å². The van der Waals surface area contributed by atoms with E-state index in [-0.39, 0.29) is 16.9 Å². The summed E-state index contributed by atoms with van der Waals surface area (Å²) in [5.41, 5.74) is 2.27. The maximum Gasteiger partial charge on any atom is 0.305 e. The molecule has 1 aliphatic rings. The number of rotatable bonds is 9. The van der Waals surface area contributed by atoms with E-state index in [2.05, 4.69) is 5.32 Å². The predicted octanol–water partition coefficient (Wildman–Crippen LogP) is 4.67. The Hall–Kier alpha value is -2.09. The predicted molar refractivity (Wildman–Crippen MR) is 123 cm³/mol. The van der Waals surface area contributed by atoms with Crippen molar-refractivity contribution >= 4 is 33.3 Å². The molecule has 0 fully saturated rings. The van der Waals surface area contributed by atoms with Crippen molar-refractivity contribution in [2.75, 3.05) is 24.5 Å². The van der Waals surface area contributed by atoms with Gasteiger partial charge in [-0.05, 0) is 55.6 Å². The van der Waals surface area contributed by atoms with Gasteiger partial charge in [-0.1, -0.05) is 48.7 Å². The van der Waals surface area contributed by atoms with Gasteiger partial charge in [-0.15, -0.1) is 0 Å². The number of carbonyl (C=O) groups is 1. The van der Waals surface area contributed by atoms with Crippen LogP contribution in [0.4, 0.5) is 5.69 Å². The number of hydrogen-bond donors (Lipinski definition) is 1. The molecule has 2 aromatic carbocycles. The van der Waals surface area contributed by atoms with Crippen molar-refractivity contribution in [2.24, 2.45) is 0 Å². The van der Waals surface area contributed by atoms with Gasteiger partial charge < -0.3 is 10.1 Å². The molecular weight excluding hydrogens is 436 g/mol. The van der Waals surface area contributed by atoms with Crippen LogP contribution in [0.5, 0.6) is 0 Å². The molecule has 168 valence electrons. The highest BCUT2D eigenvalue weighted by Gasteiger charge is 2.34. The zero-order chi connectivity index (χ0) is 22.4. The van der Waals surface area contributed by atoms with Gasteiger partial charge in [0.05, 0.1) is 23.2 Å². The monoisotopic (exact) mass is 464 g/mol. The minimum absolute atomic E-state index is 0.142. The molecule has 1 heterocycles. The summed E-state index contributed by atoms with van der Waals surface area (Å²) in [6, 6.07) is 12.3. The molecule has 1 atom stereocenters. The molecular formula is C23H29ClN2O4S. The quantitative estimate of drug-likeness (QED) is 0.431. The van der Waals surface area contributed by atoms with E-state index in [4.69, 9.17) is 16.3 Å². The zero-order valence-electron chi connectivity index (χ0n) is 17.9. The van der Waals surface area contributed by atoms with Gasteiger partial charge in [0.15, 0.2) is 0 Å². The fraction of sp³-hybridized carbons (Fsp3) is 0.435. The number of unbranched alkanes of at least 4 members (excludes halogenated alkanes) is 3. The average Bonchev–Trinajstić information content (AvgIpc) is 2.81. The number of nitrogens with zero attached hydrogens (tertiary/aromatic N) is 1. The van der Waals surface area contributed by atoms with E-state index in [0.717, 1.165) is 37.8 Å². The van der Waals surface area contributed by atoms with Gasteiger partial charge in [-0.3, -0.25) is 9.10 Å². The number of nitrogens with one attached hydrogen (secondary N) is 1. The van der Waals surface area contributed by atoms with Gasteiger partial charge >= 0.3 is 5.97 Å². The minimum Gasteiger partial charge on any atom is -0.466 e. The van der Waals surface area contributed by atoms with E-state index in [1.807, 2.05) is 31.2 Å². The van der Waals surface area contributed by atoms with Gasteiger partial charge in [0, 0.05) is 18.5 Å². The second-order valence-electron chi connectivity index (χ2n) is 7.57. The number of hydrogen-bond acceptors (Lipinski definition) is 5. The van der Waals surface area contributed by atoms with Crippen LogP contribution in [-0.2, 0) is 19.6 Å². The molecule has 1 N–H and O–H groups in total. The second kappa shape index (κ2) is 10.5. The Balaban J connectivity index is 1.73. The summed E-state index contributed by atoms with van der Waals surface area (Å²) >= 11 is 6.14. The lowest BCUT2D eigenvalue weighted by atomic mass is 9.96. The minimum atomic E-state index is -3.72. The molecule has 0 unspecified atom stereocenters. The summed E-state index contributed by atoms with van der Waals surface area (Å²) in [6.45, 7) is 2.96. The maximum atomic E-state index is 13.2. The highest BCUT2D eigenvalue weighted by atomic mass is 35.5. The molecule has 0 saturated heterocycles. The molecule has 0 radical (unpaired) electrons. The standard InChI is InChI=1S/C23H29ClN2O4S/c1-3-30-22(27)12-6-4-5-9-15-25-23-18-10-7-8-11-20(18)26(2)31(28,29)21-16-17(24)13-14-19(21)23/h7-8,10-11,13-14,16,23,25H,3-6,9,12,15H2,1-2H3/t23-/m0/s1. The summed E-state index contributed by atoms with van der Waals surface area (Å²) in [5, 5.41) is 3.94. The Morgan fingerprint density at radius 2 is 1.84 bits per heavy atom. The van der Waals surface area contributed by atoms with Crippen molar-refractivity contribution in [3.8, 4) is 0 Å². The maximum absolute atomic E-state index is 13.2. The normalized spacial score (nSPS) is 16.9. The van der Waals surface area contributed by atoms with Crippen LogP contribution in [0.2, 0.25) is 5.02 Å². The van der Waals surface area contributed by atoms with Gasteiger partial charge in [0.1, 0.15) is 0 Å². The summed E-state index contributed by atoms with van der Waals surface area (Å²) in [4.78, 5) is 11.6. The van der Waals surface area contributed by atoms with Crippen LogP contribution < -0.4 is 9.62 Å². The first-order valence-corrected chi connectivity index (χ1v) is 12.4. The van der Waals surface area contributed by atoms with Crippen LogP contribution in [0.3, 0.4) is 0 Å². The molecule has 3 rings (SSSR count). The number of carbonyl (C=O) groups excluding carboxylic acids is 1. The van der Waals surface area contributed by atoms with E-state index >= 15 is 0 Å². The van der Waals surface area contributed by atoms with E-state index in [1.54, 1.807) is 19.2 Å².